The maximum absolute atomic E-state index is 5.55. The number of ether oxygens (including phenoxy) is 1. The molecule has 2 rings (SSSR count). The zero-order valence-electron chi connectivity index (χ0n) is 12.6. The molecule has 1 heterocycles. The van der Waals surface area contributed by atoms with Crippen molar-refractivity contribution >= 4 is 21.7 Å². The lowest BCUT2D eigenvalue weighted by Gasteiger charge is -2.11. The summed E-state index contributed by atoms with van der Waals surface area (Å²) in [5.74, 6) is 2.36. The summed E-state index contributed by atoms with van der Waals surface area (Å²) < 4.78 is 6.49. The van der Waals surface area contributed by atoms with E-state index in [1.165, 1.54) is 0 Å². The number of hydrogen-bond acceptors (Lipinski definition) is 4. The summed E-state index contributed by atoms with van der Waals surface area (Å²) in [7, 11) is 1.86. The third-order valence-electron chi connectivity index (χ3n) is 3.05. The molecule has 2 aromatic rings. The van der Waals surface area contributed by atoms with Crippen molar-refractivity contribution in [3.05, 3.63) is 34.4 Å². The summed E-state index contributed by atoms with van der Waals surface area (Å²) in [6.07, 6.45) is 1.95. The highest BCUT2D eigenvalue weighted by molar-refractivity contribution is 9.10. The molecule has 0 saturated carbocycles. The van der Waals surface area contributed by atoms with Crippen molar-refractivity contribution in [2.75, 3.05) is 19.0 Å². The van der Waals surface area contributed by atoms with Gasteiger partial charge in [-0.15, -0.1) is 0 Å². The summed E-state index contributed by atoms with van der Waals surface area (Å²) in [6, 6.07) is 7.88. The third kappa shape index (κ3) is 3.73. The molecule has 0 aliphatic carbocycles. The van der Waals surface area contributed by atoms with Gasteiger partial charge >= 0.3 is 0 Å². The van der Waals surface area contributed by atoms with Crippen LogP contribution in [-0.2, 0) is 6.42 Å². The largest absolute Gasteiger partial charge is 0.494 e. The zero-order valence-corrected chi connectivity index (χ0v) is 14.2. The average molecular weight is 350 g/mol. The molecule has 112 valence electrons. The topological polar surface area (TPSA) is 47.0 Å². The van der Waals surface area contributed by atoms with Gasteiger partial charge in [0.25, 0.3) is 0 Å². The van der Waals surface area contributed by atoms with Crippen molar-refractivity contribution in [2.45, 2.75) is 26.7 Å². The molecule has 21 heavy (non-hydrogen) atoms. The molecule has 1 N–H and O–H groups in total. The second-order valence-electron chi connectivity index (χ2n) is 4.62. The van der Waals surface area contributed by atoms with Crippen LogP contribution in [0.15, 0.2) is 28.7 Å². The van der Waals surface area contributed by atoms with Crippen molar-refractivity contribution in [2.24, 2.45) is 0 Å². The van der Waals surface area contributed by atoms with E-state index in [1.807, 2.05) is 38.2 Å². The number of benzene rings is 1. The molecule has 5 heteroatoms. The molecular weight excluding hydrogens is 330 g/mol. The van der Waals surface area contributed by atoms with Crippen LogP contribution in [0, 0.1) is 0 Å². The molecule has 0 bridgehead atoms. The van der Waals surface area contributed by atoms with E-state index in [9.17, 15) is 0 Å². The van der Waals surface area contributed by atoms with E-state index in [0.29, 0.717) is 12.4 Å². The average Bonchev–Trinajstić information content (AvgIpc) is 2.50. The highest BCUT2D eigenvalue weighted by Gasteiger charge is 2.12. The normalized spacial score (nSPS) is 10.5. The Balaban J connectivity index is 2.47. The molecule has 4 nitrogen and oxygen atoms in total. The molecule has 0 saturated heterocycles. The van der Waals surface area contributed by atoms with Gasteiger partial charge in [-0.25, -0.2) is 9.97 Å². The van der Waals surface area contributed by atoms with Crippen LogP contribution >= 0.6 is 15.9 Å². The Morgan fingerprint density at radius 2 is 2.05 bits per heavy atom. The maximum atomic E-state index is 5.55. The van der Waals surface area contributed by atoms with Crippen LogP contribution in [-0.4, -0.2) is 23.6 Å². The van der Waals surface area contributed by atoms with E-state index < -0.39 is 0 Å². The fourth-order valence-electron chi connectivity index (χ4n) is 2.08. The zero-order chi connectivity index (χ0) is 15.2. The van der Waals surface area contributed by atoms with E-state index >= 15 is 0 Å². The van der Waals surface area contributed by atoms with E-state index in [1.54, 1.807) is 0 Å². The van der Waals surface area contributed by atoms with Gasteiger partial charge in [-0.2, -0.15) is 0 Å². The quantitative estimate of drug-likeness (QED) is 0.844. The minimum absolute atomic E-state index is 0.646. The lowest BCUT2D eigenvalue weighted by molar-refractivity contribution is 0.340. The van der Waals surface area contributed by atoms with Gasteiger partial charge in [0.1, 0.15) is 11.6 Å². The van der Waals surface area contributed by atoms with Gasteiger partial charge in [0.2, 0.25) is 0 Å². The summed E-state index contributed by atoms with van der Waals surface area (Å²) in [5.41, 5.74) is 1.98. The molecule has 0 aliphatic heterocycles. The van der Waals surface area contributed by atoms with Crippen molar-refractivity contribution < 1.29 is 4.74 Å². The molecule has 0 amide bonds. The Labute approximate surface area is 134 Å². The molecule has 0 atom stereocenters. The first-order valence-electron chi connectivity index (χ1n) is 7.17. The Hall–Kier alpha value is -1.62. The van der Waals surface area contributed by atoms with E-state index in [2.05, 4.69) is 38.1 Å². The number of aromatic nitrogens is 2. The van der Waals surface area contributed by atoms with Crippen LogP contribution in [0.1, 0.15) is 26.0 Å². The van der Waals surface area contributed by atoms with Crippen molar-refractivity contribution in [1.82, 2.24) is 9.97 Å². The summed E-state index contributed by atoms with van der Waals surface area (Å²) >= 11 is 3.58. The highest BCUT2D eigenvalue weighted by Crippen LogP contribution is 2.29. The first kappa shape index (κ1) is 15.8. The van der Waals surface area contributed by atoms with Crippen LogP contribution in [0.3, 0.4) is 0 Å². The molecule has 0 radical (unpaired) electrons. The smallest absolute Gasteiger partial charge is 0.161 e. The van der Waals surface area contributed by atoms with Crippen molar-refractivity contribution in [3.8, 4) is 17.1 Å². The number of aryl methyl sites for hydroxylation is 1. The maximum Gasteiger partial charge on any atom is 0.161 e. The number of halogens is 1. The Morgan fingerprint density at radius 1 is 1.24 bits per heavy atom. The van der Waals surface area contributed by atoms with Crippen molar-refractivity contribution in [1.29, 1.82) is 0 Å². The highest BCUT2D eigenvalue weighted by atomic mass is 79.9. The summed E-state index contributed by atoms with van der Waals surface area (Å²) in [4.78, 5) is 9.27. The van der Waals surface area contributed by atoms with Crippen LogP contribution in [0.2, 0.25) is 0 Å². The molecule has 0 aliphatic rings. The fraction of sp³-hybridized carbons (Fsp3) is 0.375. The predicted molar refractivity (Wildman–Crippen MR) is 89.9 cm³/mol. The Bertz CT molecular complexity index is 616. The molecular formula is C16H20BrN3O. The predicted octanol–water partition coefficient (Wildman–Crippen LogP) is 4.30. The minimum atomic E-state index is 0.646. The standard InChI is InChI=1S/C16H20BrN3O/c1-4-7-13-14(17)16(18-3)20-15(19-13)11-8-6-9-12(10-11)21-5-2/h6,8-10H,4-5,7H2,1-3H3,(H,18,19,20). The third-order valence-corrected chi connectivity index (χ3v) is 3.88. The summed E-state index contributed by atoms with van der Waals surface area (Å²) in [5, 5.41) is 3.11. The van der Waals surface area contributed by atoms with Crippen molar-refractivity contribution in [3.63, 3.8) is 0 Å². The lowest BCUT2D eigenvalue weighted by Crippen LogP contribution is -2.03. The van der Waals surface area contributed by atoms with E-state index in [-0.39, 0.29) is 0 Å². The Morgan fingerprint density at radius 3 is 2.71 bits per heavy atom. The molecule has 0 fully saturated rings. The number of nitrogens with one attached hydrogen (secondary N) is 1. The molecule has 1 aromatic heterocycles. The SMILES string of the molecule is CCCc1nc(-c2cccc(OCC)c2)nc(NC)c1Br. The van der Waals surface area contributed by atoms with E-state index in [0.717, 1.165) is 40.1 Å². The number of anilines is 1. The van der Waals surface area contributed by atoms with Gasteiger partial charge in [0.05, 0.1) is 16.8 Å². The number of hydrogen-bond donors (Lipinski definition) is 1. The van der Waals surface area contributed by atoms with Gasteiger partial charge in [0, 0.05) is 12.6 Å². The van der Waals surface area contributed by atoms with Gasteiger partial charge in [0.15, 0.2) is 5.82 Å². The van der Waals surface area contributed by atoms with E-state index in [4.69, 9.17) is 4.74 Å². The molecule has 0 spiro atoms. The van der Waals surface area contributed by atoms with Crippen LogP contribution in [0.5, 0.6) is 5.75 Å². The van der Waals surface area contributed by atoms with Gasteiger partial charge in [-0.05, 0) is 41.4 Å². The van der Waals surface area contributed by atoms with Crippen LogP contribution in [0.4, 0.5) is 5.82 Å². The van der Waals surface area contributed by atoms with Gasteiger partial charge < -0.3 is 10.1 Å². The monoisotopic (exact) mass is 349 g/mol. The Kier molecular flexibility index (Phi) is 5.56. The molecule has 0 unspecified atom stereocenters. The number of rotatable bonds is 6. The second kappa shape index (κ2) is 7.41. The van der Waals surface area contributed by atoms with Gasteiger partial charge in [-0.1, -0.05) is 25.5 Å². The lowest BCUT2D eigenvalue weighted by atomic mass is 10.2. The van der Waals surface area contributed by atoms with Crippen LogP contribution < -0.4 is 10.1 Å². The number of nitrogens with zero attached hydrogens (tertiary/aromatic N) is 2. The first-order valence-corrected chi connectivity index (χ1v) is 7.96. The minimum Gasteiger partial charge on any atom is -0.494 e. The fourth-order valence-corrected chi connectivity index (χ4v) is 2.66. The first-order chi connectivity index (χ1) is 10.2. The second-order valence-corrected chi connectivity index (χ2v) is 5.41. The molecule has 1 aromatic carbocycles. The summed E-state index contributed by atoms with van der Waals surface area (Å²) in [6.45, 7) is 4.76. The van der Waals surface area contributed by atoms with Gasteiger partial charge in [-0.3, -0.25) is 0 Å². The van der Waals surface area contributed by atoms with Crippen LogP contribution in [0.25, 0.3) is 11.4 Å².